The molecule has 5 nitrogen and oxygen atoms in total. The SMILES string of the molecule is Cc1cc(-c2cc(NC(=O)c3ccc(Br)cc3)n(-c3ccccc3)n2)c(C)n1-c1cccc(C(F)(F)F)c1. The van der Waals surface area contributed by atoms with Gasteiger partial charge in [0.15, 0.2) is 0 Å². The minimum absolute atomic E-state index is 0.296. The fourth-order valence-electron chi connectivity index (χ4n) is 4.40. The lowest BCUT2D eigenvalue weighted by atomic mass is 10.1. The van der Waals surface area contributed by atoms with Gasteiger partial charge in [-0.2, -0.15) is 18.3 Å². The van der Waals surface area contributed by atoms with Gasteiger partial charge in [-0.25, -0.2) is 4.68 Å². The fraction of sp³-hybridized carbons (Fsp3) is 0.103. The molecule has 0 aliphatic heterocycles. The van der Waals surface area contributed by atoms with E-state index >= 15 is 0 Å². The van der Waals surface area contributed by atoms with Crippen molar-refractivity contribution in [1.82, 2.24) is 14.3 Å². The molecule has 0 saturated carbocycles. The first-order chi connectivity index (χ1) is 18.1. The largest absolute Gasteiger partial charge is 0.416 e. The molecule has 1 N–H and O–H groups in total. The van der Waals surface area contributed by atoms with Gasteiger partial charge < -0.3 is 9.88 Å². The number of para-hydroxylation sites is 1. The summed E-state index contributed by atoms with van der Waals surface area (Å²) < 4.78 is 44.3. The van der Waals surface area contributed by atoms with Crippen LogP contribution >= 0.6 is 15.9 Å². The number of halogens is 4. The number of carbonyl (C=O) groups excluding carboxylic acids is 1. The molecule has 192 valence electrons. The Morgan fingerprint density at radius 3 is 2.24 bits per heavy atom. The maximum Gasteiger partial charge on any atom is 0.416 e. The molecule has 0 spiro atoms. The number of nitrogens with zero attached hydrogens (tertiary/aromatic N) is 3. The maximum atomic E-state index is 13.4. The van der Waals surface area contributed by atoms with Gasteiger partial charge in [0, 0.05) is 38.7 Å². The first-order valence-corrected chi connectivity index (χ1v) is 12.5. The number of alkyl halides is 3. The van der Waals surface area contributed by atoms with Crippen LogP contribution in [0.3, 0.4) is 0 Å². The zero-order valence-electron chi connectivity index (χ0n) is 20.4. The minimum atomic E-state index is -4.44. The Morgan fingerprint density at radius 1 is 0.868 bits per heavy atom. The molecule has 0 aliphatic carbocycles. The molecule has 0 aliphatic rings. The van der Waals surface area contributed by atoms with Crippen molar-refractivity contribution in [3.63, 3.8) is 0 Å². The van der Waals surface area contributed by atoms with Crippen molar-refractivity contribution in [3.05, 3.63) is 118 Å². The third-order valence-electron chi connectivity index (χ3n) is 6.20. The molecule has 9 heteroatoms. The normalized spacial score (nSPS) is 11.5. The molecule has 2 aromatic heterocycles. The van der Waals surface area contributed by atoms with Gasteiger partial charge in [-0.3, -0.25) is 4.79 Å². The Hall–Kier alpha value is -4.11. The summed E-state index contributed by atoms with van der Waals surface area (Å²) in [6.45, 7) is 3.67. The second-order valence-electron chi connectivity index (χ2n) is 8.79. The Morgan fingerprint density at radius 2 is 1.55 bits per heavy atom. The summed E-state index contributed by atoms with van der Waals surface area (Å²) in [7, 11) is 0. The van der Waals surface area contributed by atoms with E-state index < -0.39 is 11.7 Å². The summed E-state index contributed by atoms with van der Waals surface area (Å²) in [5.41, 5.74) is 3.73. The molecular formula is C29H22BrF3N4O. The van der Waals surface area contributed by atoms with E-state index in [-0.39, 0.29) is 5.91 Å². The van der Waals surface area contributed by atoms with Gasteiger partial charge in [-0.05, 0) is 74.5 Å². The topological polar surface area (TPSA) is 51.9 Å². The highest BCUT2D eigenvalue weighted by Crippen LogP contribution is 2.34. The summed E-state index contributed by atoms with van der Waals surface area (Å²) in [6, 6.07) is 25.3. The van der Waals surface area contributed by atoms with Crippen LogP contribution in [0.2, 0.25) is 0 Å². The van der Waals surface area contributed by atoms with E-state index in [2.05, 4.69) is 21.2 Å². The number of nitrogens with one attached hydrogen (secondary N) is 1. The molecule has 0 fully saturated rings. The molecule has 5 aromatic rings. The van der Waals surface area contributed by atoms with E-state index in [0.717, 1.165) is 39.2 Å². The Labute approximate surface area is 225 Å². The van der Waals surface area contributed by atoms with Crippen LogP contribution < -0.4 is 5.32 Å². The standard InChI is InChI=1S/C29H22BrF3N4O/c1-18-15-25(19(2)36(18)24-10-6-7-21(16-24)29(31,32)33)26-17-27(37(35-26)23-8-4-3-5-9-23)34-28(38)20-11-13-22(30)14-12-20/h3-17H,1-2H3,(H,34,38). The van der Waals surface area contributed by atoms with Crippen LogP contribution in [0.1, 0.15) is 27.3 Å². The van der Waals surface area contributed by atoms with E-state index in [4.69, 9.17) is 5.10 Å². The molecule has 0 saturated heterocycles. The summed E-state index contributed by atoms with van der Waals surface area (Å²) in [4.78, 5) is 13.0. The van der Waals surface area contributed by atoms with Crippen molar-refractivity contribution < 1.29 is 18.0 Å². The number of hydrogen-bond donors (Lipinski definition) is 1. The molecule has 0 bridgehead atoms. The Bertz CT molecular complexity index is 1620. The second kappa shape index (κ2) is 9.98. The monoisotopic (exact) mass is 578 g/mol. The molecule has 3 aromatic carbocycles. The molecule has 0 atom stereocenters. The van der Waals surface area contributed by atoms with E-state index in [1.54, 1.807) is 45.6 Å². The summed E-state index contributed by atoms with van der Waals surface area (Å²) in [5, 5.41) is 7.72. The second-order valence-corrected chi connectivity index (χ2v) is 9.71. The van der Waals surface area contributed by atoms with Gasteiger partial charge in [0.05, 0.1) is 16.9 Å². The lowest BCUT2D eigenvalue weighted by Crippen LogP contribution is -2.15. The van der Waals surface area contributed by atoms with Crippen LogP contribution in [-0.2, 0) is 6.18 Å². The predicted molar refractivity (Wildman–Crippen MR) is 145 cm³/mol. The number of aromatic nitrogens is 3. The zero-order valence-corrected chi connectivity index (χ0v) is 22.0. The molecule has 1 amide bonds. The highest BCUT2D eigenvalue weighted by Gasteiger charge is 2.31. The number of aryl methyl sites for hydroxylation is 1. The van der Waals surface area contributed by atoms with Crippen molar-refractivity contribution in [2.45, 2.75) is 20.0 Å². The van der Waals surface area contributed by atoms with Gasteiger partial charge in [0.25, 0.3) is 5.91 Å². The molecule has 38 heavy (non-hydrogen) atoms. The number of anilines is 1. The molecule has 5 rings (SSSR count). The predicted octanol–water partition coefficient (Wildman–Crippen LogP) is 7.98. The third kappa shape index (κ3) is 5.02. The van der Waals surface area contributed by atoms with Crippen molar-refractivity contribution in [2.75, 3.05) is 5.32 Å². The highest BCUT2D eigenvalue weighted by atomic mass is 79.9. The third-order valence-corrected chi connectivity index (χ3v) is 6.73. The van der Waals surface area contributed by atoms with Gasteiger partial charge >= 0.3 is 6.18 Å². The number of amides is 1. The lowest BCUT2D eigenvalue weighted by molar-refractivity contribution is -0.137. The van der Waals surface area contributed by atoms with Crippen LogP contribution in [0.5, 0.6) is 0 Å². The first kappa shape index (κ1) is 25.5. The molecule has 2 heterocycles. The average molecular weight is 579 g/mol. The van der Waals surface area contributed by atoms with E-state index in [1.165, 1.54) is 6.07 Å². The first-order valence-electron chi connectivity index (χ1n) is 11.7. The van der Waals surface area contributed by atoms with Gasteiger partial charge in [-0.1, -0.05) is 40.2 Å². The summed E-state index contributed by atoms with van der Waals surface area (Å²) in [5.74, 6) is 0.165. The van der Waals surface area contributed by atoms with E-state index in [1.807, 2.05) is 50.2 Å². The molecular weight excluding hydrogens is 557 g/mol. The Balaban J connectivity index is 1.58. The minimum Gasteiger partial charge on any atom is -0.318 e. The number of hydrogen-bond acceptors (Lipinski definition) is 2. The number of carbonyl (C=O) groups is 1. The van der Waals surface area contributed by atoms with Crippen LogP contribution in [0.4, 0.5) is 19.0 Å². The van der Waals surface area contributed by atoms with Crippen molar-refractivity contribution in [1.29, 1.82) is 0 Å². The van der Waals surface area contributed by atoms with Crippen LogP contribution in [0.25, 0.3) is 22.6 Å². The number of benzene rings is 3. The average Bonchev–Trinajstić information content (AvgIpc) is 3.44. The maximum absolute atomic E-state index is 13.4. The smallest absolute Gasteiger partial charge is 0.318 e. The van der Waals surface area contributed by atoms with E-state index in [9.17, 15) is 18.0 Å². The van der Waals surface area contributed by atoms with Gasteiger partial charge in [0.2, 0.25) is 0 Å². The van der Waals surface area contributed by atoms with Gasteiger partial charge in [0.1, 0.15) is 5.82 Å². The summed E-state index contributed by atoms with van der Waals surface area (Å²) >= 11 is 3.37. The molecule has 0 radical (unpaired) electrons. The number of rotatable bonds is 5. The lowest BCUT2D eigenvalue weighted by Gasteiger charge is -2.13. The molecule has 0 unspecified atom stereocenters. The summed E-state index contributed by atoms with van der Waals surface area (Å²) in [6.07, 6.45) is -4.44. The Kier molecular flexibility index (Phi) is 6.71. The van der Waals surface area contributed by atoms with Crippen molar-refractivity contribution in [3.8, 4) is 22.6 Å². The van der Waals surface area contributed by atoms with Crippen LogP contribution in [0, 0.1) is 13.8 Å². The fourth-order valence-corrected chi connectivity index (χ4v) is 4.66. The van der Waals surface area contributed by atoms with Crippen molar-refractivity contribution >= 4 is 27.7 Å². The van der Waals surface area contributed by atoms with Crippen molar-refractivity contribution in [2.24, 2.45) is 0 Å². The van der Waals surface area contributed by atoms with Gasteiger partial charge in [-0.15, -0.1) is 0 Å². The zero-order chi connectivity index (χ0) is 27.0. The van der Waals surface area contributed by atoms with Crippen LogP contribution in [-0.4, -0.2) is 20.3 Å². The highest BCUT2D eigenvalue weighted by molar-refractivity contribution is 9.10. The van der Waals surface area contributed by atoms with Crippen LogP contribution in [0.15, 0.2) is 95.5 Å². The van der Waals surface area contributed by atoms with E-state index in [0.29, 0.717) is 22.8 Å². The quantitative estimate of drug-likeness (QED) is 0.230.